The van der Waals surface area contributed by atoms with Gasteiger partial charge in [-0.25, -0.2) is 0 Å². The number of aliphatic hydroxyl groups is 1. The van der Waals surface area contributed by atoms with Gasteiger partial charge >= 0.3 is 5.97 Å². The molecule has 0 heterocycles. The molecule has 3 atom stereocenters. The maximum absolute atomic E-state index is 12.3. The molecule has 0 aliphatic heterocycles. The summed E-state index contributed by atoms with van der Waals surface area (Å²) in [6.45, 7) is -1.12. The van der Waals surface area contributed by atoms with E-state index in [-0.39, 0.29) is 0 Å². The van der Waals surface area contributed by atoms with Gasteiger partial charge in [-0.05, 0) is 19.4 Å². The second-order valence-electron chi connectivity index (χ2n) is 5.98. The SMILES string of the molecule is NCCCCC(N)C(=O)NC(CC(N)=O)C(=O)NC(CO)C(=O)NCC(=O)O. The Morgan fingerprint density at radius 1 is 0.929 bits per heavy atom. The molecule has 0 bridgehead atoms. The third-order valence-electron chi connectivity index (χ3n) is 3.57. The van der Waals surface area contributed by atoms with Gasteiger partial charge in [0.25, 0.3) is 0 Å². The number of carbonyl (C=O) groups is 5. The quantitative estimate of drug-likeness (QED) is 0.130. The predicted octanol–water partition coefficient (Wildman–Crippen LogP) is -4.52. The molecule has 4 amide bonds. The van der Waals surface area contributed by atoms with E-state index in [1.165, 1.54) is 0 Å². The van der Waals surface area contributed by atoms with Crippen LogP contribution in [0.4, 0.5) is 0 Å². The molecule has 11 N–H and O–H groups in total. The molecule has 0 radical (unpaired) electrons. The lowest BCUT2D eigenvalue weighted by Crippen LogP contribution is -2.57. The molecular weight excluding hydrogens is 376 g/mol. The molecule has 0 aromatic rings. The molecule has 0 spiro atoms. The number of carboxylic acid groups (broad SMARTS) is 1. The first-order valence-corrected chi connectivity index (χ1v) is 8.57. The highest BCUT2D eigenvalue weighted by Gasteiger charge is 2.29. The van der Waals surface area contributed by atoms with Gasteiger partial charge in [-0.1, -0.05) is 6.42 Å². The van der Waals surface area contributed by atoms with Crippen LogP contribution in [0.25, 0.3) is 0 Å². The van der Waals surface area contributed by atoms with Gasteiger partial charge in [0.05, 0.1) is 19.1 Å². The van der Waals surface area contributed by atoms with Crippen LogP contribution in [-0.2, 0) is 24.0 Å². The van der Waals surface area contributed by atoms with Gasteiger partial charge in [-0.2, -0.15) is 0 Å². The summed E-state index contributed by atoms with van der Waals surface area (Å²) in [7, 11) is 0. The number of hydrogen-bond donors (Lipinski definition) is 8. The van der Waals surface area contributed by atoms with E-state index < -0.39 is 67.3 Å². The van der Waals surface area contributed by atoms with Gasteiger partial charge in [-0.3, -0.25) is 24.0 Å². The zero-order valence-electron chi connectivity index (χ0n) is 15.3. The summed E-state index contributed by atoms with van der Waals surface area (Å²) in [6, 6.07) is -3.86. The van der Waals surface area contributed by atoms with Crippen LogP contribution < -0.4 is 33.2 Å². The summed E-state index contributed by atoms with van der Waals surface area (Å²) >= 11 is 0. The molecule has 0 aliphatic carbocycles. The average Bonchev–Trinajstić information content (AvgIpc) is 2.62. The second-order valence-corrected chi connectivity index (χ2v) is 5.98. The van der Waals surface area contributed by atoms with Gasteiger partial charge in [0.1, 0.15) is 18.6 Å². The highest BCUT2D eigenvalue weighted by atomic mass is 16.4. The lowest BCUT2D eigenvalue weighted by molar-refractivity contribution is -0.139. The van der Waals surface area contributed by atoms with E-state index in [1.54, 1.807) is 0 Å². The minimum Gasteiger partial charge on any atom is -0.480 e. The molecule has 3 unspecified atom stereocenters. The first-order valence-electron chi connectivity index (χ1n) is 8.57. The van der Waals surface area contributed by atoms with Gasteiger partial charge in [0, 0.05) is 0 Å². The number of aliphatic carboxylic acids is 1. The Hall–Kier alpha value is -2.77. The summed E-state index contributed by atoms with van der Waals surface area (Å²) in [6.07, 6.45) is 0.997. The largest absolute Gasteiger partial charge is 0.480 e. The van der Waals surface area contributed by atoms with Crippen molar-refractivity contribution < 1.29 is 34.2 Å². The number of carbonyl (C=O) groups excluding carboxylic acids is 4. The van der Waals surface area contributed by atoms with Crippen molar-refractivity contribution in [1.29, 1.82) is 0 Å². The lowest BCUT2D eigenvalue weighted by atomic mass is 10.1. The minimum atomic E-state index is -1.49. The molecule has 13 nitrogen and oxygen atoms in total. The maximum atomic E-state index is 12.3. The van der Waals surface area contributed by atoms with Crippen molar-refractivity contribution in [2.75, 3.05) is 19.7 Å². The fourth-order valence-corrected chi connectivity index (χ4v) is 2.08. The fourth-order valence-electron chi connectivity index (χ4n) is 2.08. The number of nitrogens with two attached hydrogens (primary N) is 3. The van der Waals surface area contributed by atoms with E-state index in [0.29, 0.717) is 25.8 Å². The highest BCUT2D eigenvalue weighted by molar-refractivity contribution is 5.95. The van der Waals surface area contributed by atoms with Gasteiger partial charge in [0.15, 0.2) is 0 Å². The van der Waals surface area contributed by atoms with Crippen molar-refractivity contribution in [3.8, 4) is 0 Å². The van der Waals surface area contributed by atoms with Crippen LogP contribution >= 0.6 is 0 Å². The minimum absolute atomic E-state index is 0.310. The van der Waals surface area contributed by atoms with E-state index in [1.807, 2.05) is 5.32 Å². The first-order chi connectivity index (χ1) is 13.1. The van der Waals surface area contributed by atoms with Crippen LogP contribution in [0.1, 0.15) is 25.7 Å². The Kier molecular flexibility index (Phi) is 12.1. The molecular formula is C15H28N6O7. The maximum Gasteiger partial charge on any atom is 0.322 e. The van der Waals surface area contributed by atoms with Crippen molar-refractivity contribution in [2.24, 2.45) is 17.2 Å². The van der Waals surface area contributed by atoms with Gasteiger partial charge in [0.2, 0.25) is 23.6 Å². The van der Waals surface area contributed by atoms with Crippen LogP contribution in [0, 0.1) is 0 Å². The van der Waals surface area contributed by atoms with Crippen LogP contribution in [0.15, 0.2) is 0 Å². The number of nitrogens with one attached hydrogen (secondary N) is 3. The van der Waals surface area contributed by atoms with E-state index in [2.05, 4.69) is 10.6 Å². The van der Waals surface area contributed by atoms with Gasteiger partial charge in [-0.15, -0.1) is 0 Å². The average molecular weight is 404 g/mol. The van der Waals surface area contributed by atoms with Crippen LogP contribution in [0.3, 0.4) is 0 Å². The van der Waals surface area contributed by atoms with E-state index in [9.17, 15) is 29.1 Å². The number of amides is 4. The molecule has 0 fully saturated rings. The number of primary amides is 1. The molecule has 13 heteroatoms. The Morgan fingerprint density at radius 3 is 2.04 bits per heavy atom. The van der Waals surface area contributed by atoms with E-state index >= 15 is 0 Å². The normalized spacial score (nSPS) is 13.7. The third-order valence-corrected chi connectivity index (χ3v) is 3.57. The summed E-state index contributed by atoms with van der Waals surface area (Å²) in [5.41, 5.74) is 16.2. The van der Waals surface area contributed by atoms with Crippen molar-refractivity contribution in [3.05, 3.63) is 0 Å². The van der Waals surface area contributed by atoms with Crippen LogP contribution in [-0.4, -0.2) is 77.6 Å². The molecule has 0 aromatic heterocycles. The Morgan fingerprint density at radius 2 is 1.54 bits per heavy atom. The Labute approximate surface area is 161 Å². The third kappa shape index (κ3) is 10.4. The monoisotopic (exact) mass is 404 g/mol. The standard InChI is InChI=1S/C15H28N6O7/c16-4-2-1-3-8(17)13(26)20-9(5-11(18)23)15(28)21-10(7-22)14(27)19-6-12(24)25/h8-10,22H,1-7,16-17H2,(H2,18,23)(H,19,27)(H,20,26)(H,21,28)(H,24,25). The summed E-state index contributed by atoms with van der Waals surface area (Å²) < 4.78 is 0. The topological polar surface area (TPSA) is 240 Å². The molecule has 0 aliphatic rings. The van der Waals surface area contributed by atoms with E-state index in [4.69, 9.17) is 22.3 Å². The summed E-state index contributed by atoms with van der Waals surface area (Å²) in [5, 5.41) is 24.1. The Bertz CT molecular complexity index is 571. The van der Waals surface area contributed by atoms with Crippen molar-refractivity contribution >= 4 is 29.6 Å². The summed E-state index contributed by atoms with van der Waals surface area (Å²) in [5.74, 6) is -4.84. The molecule has 160 valence electrons. The smallest absolute Gasteiger partial charge is 0.322 e. The number of carboxylic acids is 1. The van der Waals surface area contributed by atoms with Crippen molar-refractivity contribution in [1.82, 2.24) is 16.0 Å². The zero-order valence-corrected chi connectivity index (χ0v) is 15.3. The predicted molar refractivity (Wildman–Crippen MR) is 96.3 cm³/mol. The van der Waals surface area contributed by atoms with Crippen LogP contribution in [0.2, 0.25) is 0 Å². The number of rotatable bonds is 14. The number of aliphatic hydroxyl groups excluding tert-OH is 1. The highest BCUT2D eigenvalue weighted by Crippen LogP contribution is 2.01. The lowest BCUT2D eigenvalue weighted by Gasteiger charge is -2.22. The molecule has 0 saturated heterocycles. The van der Waals surface area contributed by atoms with Crippen molar-refractivity contribution in [2.45, 2.75) is 43.8 Å². The summed E-state index contributed by atoms with van der Waals surface area (Å²) in [4.78, 5) is 57.9. The molecule has 0 saturated carbocycles. The fraction of sp³-hybridized carbons (Fsp3) is 0.667. The number of unbranched alkanes of at least 4 members (excludes halogenated alkanes) is 1. The van der Waals surface area contributed by atoms with E-state index in [0.717, 1.165) is 0 Å². The molecule has 0 rings (SSSR count). The molecule has 0 aromatic carbocycles. The zero-order chi connectivity index (χ0) is 21.7. The number of hydrogen-bond acceptors (Lipinski definition) is 8. The second kappa shape index (κ2) is 13.4. The molecule has 28 heavy (non-hydrogen) atoms. The Balaban J connectivity index is 4.94. The van der Waals surface area contributed by atoms with Crippen molar-refractivity contribution in [3.63, 3.8) is 0 Å². The van der Waals surface area contributed by atoms with Gasteiger partial charge < -0.3 is 43.4 Å². The first kappa shape index (κ1) is 25.2. The van der Waals surface area contributed by atoms with Crippen LogP contribution in [0.5, 0.6) is 0 Å².